The highest BCUT2D eigenvalue weighted by Gasteiger charge is 2.32. The topological polar surface area (TPSA) is 33.2 Å². The molecule has 3 fully saturated rings. The van der Waals surface area contributed by atoms with E-state index in [0.29, 0.717) is 0 Å². The van der Waals surface area contributed by atoms with E-state index in [9.17, 15) is 4.79 Å². The van der Waals surface area contributed by atoms with Gasteiger partial charge in [-0.15, -0.1) is 11.3 Å². The van der Waals surface area contributed by atoms with E-state index < -0.39 is 0 Å². The van der Waals surface area contributed by atoms with Crippen LogP contribution in [0.5, 0.6) is 0 Å². The first-order valence-corrected chi connectivity index (χ1v) is 7.68. The molecule has 0 atom stereocenters. The fourth-order valence-corrected chi connectivity index (χ4v) is 4.22. The molecule has 1 aromatic heterocycles. The van der Waals surface area contributed by atoms with Crippen LogP contribution >= 0.6 is 11.3 Å². The zero-order chi connectivity index (χ0) is 12.7. The molecule has 4 rings (SSSR count). The lowest BCUT2D eigenvalue weighted by Gasteiger charge is -2.22. The molecule has 3 aliphatic rings. The monoisotopic (exact) mass is 264 g/mol. The maximum atomic E-state index is 12.6. The van der Waals surface area contributed by atoms with Crippen molar-refractivity contribution in [2.45, 2.75) is 39.5 Å². The summed E-state index contributed by atoms with van der Waals surface area (Å²) in [5.74, 6) is 1.70. The maximum Gasteiger partial charge on any atom is 0.265 e. The molecule has 2 bridgehead atoms. The molecule has 2 saturated heterocycles. The number of nitrogens with zero attached hydrogens (tertiary/aromatic N) is 2. The highest BCUT2D eigenvalue weighted by molar-refractivity contribution is 7.13. The van der Waals surface area contributed by atoms with E-state index >= 15 is 0 Å². The molecule has 1 amide bonds. The molecule has 0 spiro atoms. The minimum absolute atomic E-state index is 0.219. The highest BCUT2D eigenvalue weighted by atomic mass is 32.1. The molecule has 1 aromatic rings. The first kappa shape index (κ1) is 12.2. The lowest BCUT2D eigenvalue weighted by Crippen LogP contribution is -2.34. The number of carbonyl (C=O) groups is 1. The Kier molecular flexibility index (Phi) is 3.14. The van der Waals surface area contributed by atoms with Crippen LogP contribution in [0.25, 0.3) is 0 Å². The molecule has 1 aliphatic carbocycles. The Hall–Kier alpha value is -0.900. The van der Waals surface area contributed by atoms with E-state index in [1.165, 1.54) is 25.7 Å². The molecular weight excluding hydrogens is 244 g/mol. The van der Waals surface area contributed by atoms with Gasteiger partial charge >= 0.3 is 0 Å². The smallest absolute Gasteiger partial charge is 0.265 e. The molecule has 0 radical (unpaired) electrons. The second-order valence-corrected chi connectivity index (χ2v) is 6.95. The van der Waals surface area contributed by atoms with Gasteiger partial charge in [0.15, 0.2) is 0 Å². The van der Waals surface area contributed by atoms with Gasteiger partial charge in [-0.05, 0) is 51.4 Å². The highest BCUT2D eigenvalue weighted by Crippen LogP contribution is 2.34. The van der Waals surface area contributed by atoms with E-state index in [1.54, 1.807) is 11.3 Å². The SMILES string of the molecule is Cc1nc(C)c(C(=O)N2CC3CCC(CC3)C2)s1. The zero-order valence-electron chi connectivity index (χ0n) is 11.1. The molecule has 98 valence electrons. The van der Waals surface area contributed by atoms with Crippen molar-refractivity contribution in [1.82, 2.24) is 9.88 Å². The fraction of sp³-hybridized carbons (Fsp3) is 0.714. The summed E-state index contributed by atoms with van der Waals surface area (Å²) in [6.45, 7) is 5.85. The van der Waals surface area contributed by atoms with Crippen LogP contribution in [0, 0.1) is 25.7 Å². The van der Waals surface area contributed by atoms with Crippen molar-refractivity contribution in [2.24, 2.45) is 11.8 Å². The van der Waals surface area contributed by atoms with E-state index in [1.807, 2.05) is 13.8 Å². The van der Waals surface area contributed by atoms with Crippen LogP contribution in [0.1, 0.15) is 46.1 Å². The van der Waals surface area contributed by atoms with Gasteiger partial charge < -0.3 is 4.90 Å². The average Bonchev–Trinajstić information content (AvgIpc) is 2.58. The number of rotatable bonds is 1. The van der Waals surface area contributed by atoms with E-state index in [4.69, 9.17) is 0 Å². The van der Waals surface area contributed by atoms with Crippen LogP contribution in [0.4, 0.5) is 0 Å². The molecule has 3 nitrogen and oxygen atoms in total. The van der Waals surface area contributed by atoms with Crippen LogP contribution in [-0.2, 0) is 0 Å². The Balaban J connectivity index is 1.82. The molecule has 0 N–H and O–H groups in total. The van der Waals surface area contributed by atoms with E-state index in [2.05, 4.69) is 9.88 Å². The van der Waals surface area contributed by atoms with E-state index in [0.717, 1.165) is 40.5 Å². The Bertz CT molecular complexity index is 446. The third-order valence-electron chi connectivity index (χ3n) is 4.31. The normalized spacial score (nSPS) is 27.3. The van der Waals surface area contributed by atoms with Gasteiger partial charge in [0.2, 0.25) is 0 Å². The van der Waals surface area contributed by atoms with Crippen LogP contribution in [-0.4, -0.2) is 28.9 Å². The summed E-state index contributed by atoms with van der Waals surface area (Å²) in [6.07, 6.45) is 5.26. The Morgan fingerprint density at radius 2 is 1.72 bits per heavy atom. The second-order valence-electron chi connectivity index (χ2n) is 5.74. The summed E-state index contributed by atoms with van der Waals surface area (Å²) in [4.78, 5) is 19.9. The molecule has 18 heavy (non-hydrogen) atoms. The van der Waals surface area contributed by atoms with Gasteiger partial charge in [-0.2, -0.15) is 0 Å². The van der Waals surface area contributed by atoms with Crippen LogP contribution < -0.4 is 0 Å². The summed E-state index contributed by atoms with van der Waals surface area (Å²) in [5, 5.41) is 0.994. The van der Waals surface area contributed by atoms with Gasteiger partial charge in [0, 0.05) is 13.1 Å². The Morgan fingerprint density at radius 3 is 2.17 bits per heavy atom. The first-order chi connectivity index (χ1) is 8.63. The molecule has 1 saturated carbocycles. The van der Waals surface area contributed by atoms with Crippen molar-refractivity contribution in [1.29, 1.82) is 0 Å². The van der Waals surface area contributed by atoms with Gasteiger partial charge in [-0.1, -0.05) is 0 Å². The quantitative estimate of drug-likeness (QED) is 0.781. The first-order valence-electron chi connectivity index (χ1n) is 6.87. The van der Waals surface area contributed by atoms with Gasteiger partial charge in [0.05, 0.1) is 10.7 Å². The largest absolute Gasteiger partial charge is 0.337 e. The van der Waals surface area contributed by atoms with Gasteiger partial charge in [-0.3, -0.25) is 4.79 Å². The number of fused-ring (bicyclic) bond motifs is 4. The standard InChI is InChI=1S/C14H20N2OS/c1-9-13(18-10(2)15-9)14(17)16-7-11-3-4-12(8-16)6-5-11/h11-12H,3-8H2,1-2H3. The number of aryl methyl sites for hydroxylation is 2. The van der Waals surface area contributed by atoms with Crippen LogP contribution in [0.15, 0.2) is 0 Å². The third kappa shape index (κ3) is 2.18. The second kappa shape index (κ2) is 4.65. The predicted octanol–water partition coefficient (Wildman–Crippen LogP) is 3.02. The van der Waals surface area contributed by atoms with Crippen molar-refractivity contribution in [3.63, 3.8) is 0 Å². The van der Waals surface area contributed by atoms with Crippen molar-refractivity contribution in [3.05, 3.63) is 15.6 Å². The third-order valence-corrected chi connectivity index (χ3v) is 5.37. The van der Waals surface area contributed by atoms with Gasteiger partial charge in [0.25, 0.3) is 5.91 Å². The lowest BCUT2D eigenvalue weighted by atomic mass is 9.84. The molecule has 4 heteroatoms. The average molecular weight is 264 g/mol. The van der Waals surface area contributed by atoms with Crippen molar-refractivity contribution < 1.29 is 4.79 Å². The van der Waals surface area contributed by atoms with Crippen molar-refractivity contribution in [3.8, 4) is 0 Å². The lowest BCUT2D eigenvalue weighted by molar-refractivity contribution is 0.0743. The minimum Gasteiger partial charge on any atom is -0.337 e. The molecule has 0 aromatic carbocycles. The fourth-order valence-electron chi connectivity index (χ4n) is 3.33. The maximum absolute atomic E-state index is 12.6. The number of hydrogen-bond donors (Lipinski definition) is 0. The zero-order valence-corrected chi connectivity index (χ0v) is 11.9. The van der Waals surface area contributed by atoms with E-state index in [-0.39, 0.29) is 5.91 Å². The van der Waals surface area contributed by atoms with Crippen LogP contribution in [0.2, 0.25) is 0 Å². The van der Waals surface area contributed by atoms with Gasteiger partial charge in [-0.25, -0.2) is 4.98 Å². The number of thiazole rings is 1. The molecule has 3 heterocycles. The summed E-state index contributed by atoms with van der Waals surface area (Å²) in [5.41, 5.74) is 0.902. The van der Waals surface area contributed by atoms with Crippen molar-refractivity contribution in [2.75, 3.05) is 13.1 Å². The summed E-state index contributed by atoms with van der Waals surface area (Å²) >= 11 is 1.54. The predicted molar refractivity (Wildman–Crippen MR) is 72.9 cm³/mol. The summed E-state index contributed by atoms with van der Waals surface area (Å²) in [6, 6.07) is 0. The Labute approximate surface area is 112 Å². The van der Waals surface area contributed by atoms with Crippen molar-refractivity contribution >= 4 is 17.2 Å². The number of amides is 1. The number of hydrogen-bond acceptors (Lipinski definition) is 3. The molecule has 0 unspecified atom stereocenters. The number of carbonyl (C=O) groups excluding carboxylic acids is 1. The van der Waals surface area contributed by atoms with Crippen LogP contribution in [0.3, 0.4) is 0 Å². The summed E-state index contributed by atoms with van der Waals surface area (Å²) in [7, 11) is 0. The molecular formula is C14H20N2OS. The Morgan fingerprint density at radius 1 is 1.17 bits per heavy atom. The minimum atomic E-state index is 0.219. The number of aromatic nitrogens is 1. The molecule has 2 aliphatic heterocycles. The van der Waals surface area contributed by atoms with Gasteiger partial charge in [0.1, 0.15) is 4.88 Å². The summed E-state index contributed by atoms with van der Waals surface area (Å²) < 4.78 is 0.